The molecule has 0 spiro atoms. The van der Waals surface area contributed by atoms with Crippen molar-refractivity contribution in [1.29, 1.82) is 0 Å². The van der Waals surface area contributed by atoms with E-state index in [2.05, 4.69) is 9.88 Å². The Morgan fingerprint density at radius 1 is 1.08 bits per heavy atom. The molecule has 2 aromatic rings. The summed E-state index contributed by atoms with van der Waals surface area (Å²) in [6, 6.07) is 10.8. The lowest BCUT2D eigenvalue weighted by Gasteiger charge is -2.23. The van der Waals surface area contributed by atoms with Crippen LogP contribution in [0.5, 0.6) is 0 Å². The van der Waals surface area contributed by atoms with E-state index in [4.69, 9.17) is 4.74 Å². The Morgan fingerprint density at radius 2 is 1.79 bits per heavy atom. The van der Waals surface area contributed by atoms with Crippen molar-refractivity contribution in [3.8, 4) is 0 Å². The molecule has 0 aliphatic rings. The van der Waals surface area contributed by atoms with Crippen LogP contribution in [-0.4, -0.2) is 29.1 Å². The van der Waals surface area contributed by atoms with Crippen LogP contribution in [0, 0.1) is 5.82 Å². The molecule has 1 heterocycles. The van der Waals surface area contributed by atoms with Crippen LogP contribution in [-0.2, 0) is 17.8 Å². The first kappa shape index (κ1) is 20.6. The lowest BCUT2D eigenvalue weighted by atomic mass is 10.1. The van der Waals surface area contributed by atoms with Crippen molar-refractivity contribution in [3.05, 3.63) is 65.7 Å². The maximum atomic E-state index is 13.4. The summed E-state index contributed by atoms with van der Waals surface area (Å²) in [6.45, 7) is 7.28. The molecule has 5 heteroatoms. The van der Waals surface area contributed by atoms with Crippen molar-refractivity contribution in [2.24, 2.45) is 0 Å². The predicted octanol–water partition coefficient (Wildman–Crippen LogP) is 4.46. The van der Waals surface area contributed by atoms with Crippen LogP contribution in [0.1, 0.15) is 31.4 Å². The van der Waals surface area contributed by atoms with Gasteiger partial charge in [0.05, 0.1) is 6.10 Å². The molecule has 0 fully saturated rings. The minimum atomic E-state index is -0.186. The van der Waals surface area contributed by atoms with Crippen LogP contribution in [0.3, 0.4) is 0 Å². The van der Waals surface area contributed by atoms with Crippen molar-refractivity contribution < 1.29 is 9.13 Å². The predicted molar refractivity (Wildman–Crippen MR) is 97.7 cm³/mol. The largest absolute Gasteiger partial charge is 0.379 e. The Balaban J connectivity index is 0.00000288. The van der Waals surface area contributed by atoms with Gasteiger partial charge in [-0.1, -0.05) is 12.1 Å². The van der Waals surface area contributed by atoms with Gasteiger partial charge in [0, 0.05) is 38.6 Å². The molecule has 132 valence electrons. The summed E-state index contributed by atoms with van der Waals surface area (Å²) in [6.07, 6.45) is 4.82. The Bertz CT molecular complexity index is 581. The zero-order valence-corrected chi connectivity index (χ0v) is 15.1. The van der Waals surface area contributed by atoms with E-state index in [0.717, 1.165) is 38.2 Å². The third-order valence-corrected chi connectivity index (χ3v) is 3.52. The SMILES string of the molecule is CC(C)OCCCN(Cc1ccncc1)Cc1cccc(F)c1.Cl. The summed E-state index contributed by atoms with van der Waals surface area (Å²) in [4.78, 5) is 6.37. The Hall–Kier alpha value is -1.49. The van der Waals surface area contributed by atoms with Crippen LogP contribution in [0.4, 0.5) is 4.39 Å². The number of benzene rings is 1. The highest BCUT2D eigenvalue weighted by atomic mass is 35.5. The molecule has 2 rings (SSSR count). The average Bonchev–Trinajstić information content (AvgIpc) is 2.52. The monoisotopic (exact) mass is 352 g/mol. The van der Waals surface area contributed by atoms with Crippen LogP contribution in [0.2, 0.25) is 0 Å². The van der Waals surface area contributed by atoms with Crippen molar-refractivity contribution in [3.63, 3.8) is 0 Å². The normalized spacial score (nSPS) is 10.9. The maximum Gasteiger partial charge on any atom is 0.123 e. The van der Waals surface area contributed by atoms with Crippen LogP contribution < -0.4 is 0 Å². The second-order valence-electron chi connectivity index (χ2n) is 5.97. The topological polar surface area (TPSA) is 25.4 Å². The molecule has 1 aromatic heterocycles. The molecule has 3 nitrogen and oxygen atoms in total. The van der Waals surface area contributed by atoms with Crippen molar-refractivity contribution in [2.75, 3.05) is 13.2 Å². The second kappa shape index (κ2) is 11.1. The van der Waals surface area contributed by atoms with Crippen molar-refractivity contribution in [2.45, 2.75) is 39.5 Å². The number of halogens is 2. The number of nitrogens with zero attached hydrogens (tertiary/aromatic N) is 2. The fourth-order valence-electron chi connectivity index (χ4n) is 2.46. The summed E-state index contributed by atoms with van der Waals surface area (Å²) in [5, 5.41) is 0. The number of aromatic nitrogens is 1. The number of ether oxygens (including phenoxy) is 1. The molecule has 0 aliphatic carbocycles. The molecule has 0 N–H and O–H groups in total. The highest BCUT2D eigenvalue weighted by Crippen LogP contribution is 2.11. The van der Waals surface area contributed by atoms with Crippen molar-refractivity contribution in [1.82, 2.24) is 9.88 Å². The van der Waals surface area contributed by atoms with Crippen LogP contribution >= 0.6 is 12.4 Å². The van der Waals surface area contributed by atoms with E-state index in [1.165, 1.54) is 11.6 Å². The van der Waals surface area contributed by atoms with Gasteiger partial charge in [0.25, 0.3) is 0 Å². The van der Waals surface area contributed by atoms with E-state index in [-0.39, 0.29) is 24.3 Å². The number of pyridine rings is 1. The van der Waals surface area contributed by atoms with Gasteiger partial charge in [0.1, 0.15) is 5.82 Å². The molecule has 0 saturated carbocycles. The number of rotatable bonds is 9. The summed E-state index contributed by atoms with van der Waals surface area (Å²) in [5.41, 5.74) is 2.20. The molecule has 0 radical (unpaired) electrons. The zero-order chi connectivity index (χ0) is 16.5. The van der Waals surface area contributed by atoms with Gasteiger partial charge in [0.15, 0.2) is 0 Å². The summed E-state index contributed by atoms with van der Waals surface area (Å²) in [7, 11) is 0. The van der Waals surface area contributed by atoms with Gasteiger partial charge in [-0.3, -0.25) is 9.88 Å². The molecular weight excluding hydrogens is 327 g/mol. The minimum Gasteiger partial charge on any atom is -0.379 e. The molecule has 0 bridgehead atoms. The van der Waals surface area contributed by atoms with Gasteiger partial charge in [0.2, 0.25) is 0 Å². The average molecular weight is 353 g/mol. The third kappa shape index (κ3) is 7.86. The van der Waals surface area contributed by atoms with Gasteiger partial charge in [-0.05, 0) is 55.7 Å². The summed E-state index contributed by atoms with van der Waals surface area (Å²) < 4.78 is 19.0. The molecule has 0 aliphatic heterocycles. The number of hydrogen-bond donors (Lipinski definition) is 0. The molecular formula is C19H26ClFN2O. The molecule has 0 unspecified atom stereocenters. The van der Waals surface area contributed by atoms with E-state index >= 15 is 0 Å². The van der Waals surface area contributed by atoms with Gasteiger partial charge in [-0.25, -0.2) is 4.39 Å². The maximum absolute atomic E-state index is 13.4. The molecule has 0 saturated heterocycles. The molecule has 0 amide bonds. The van der Waals surface area contributed by atoms with E-state index in [9.17, 15) is 4.39 Å². The summed E-state index contributed by atoms with van der Waals surface area (Å²) in [5.74, 6) is -0.186. The van der Waals surface area contributed by atoms with Gasteiger partial charge < -0.3 is 4.74 Å². The Kier molecular flexibility index (Phi) is 9.53. The van der Waals surface area contributed by atoms with Crippen LogP contribution in [0.25, 0.3) is 0 Å². The Morgan fingerprint density at radius 3 is 2.46 bits per heavy atom. The van der Waals surface area contributed by atoms with Crippen molar-refractivity contribution >= 4 is 12.4 Å². The van der Waals surface area contributed by atoms with Gasteiger partial charge in [-0.2, -0.15) is 0 Å². The molecule has 0 atom stereocenters. The quantitative estimate of drug-likeness (QED) is 0.623. The fraction of sp³-hybridized carbons (Fsp3) is 0.421. The smallest absolute Gasteiger partial charge is 0.123 e. The second-order valence-corrected chi connectivity index (χ2v) is 5.97. The first-order valence-electron chi connectivity index (χ1n) is 8.11. The standard InChI is InChI=1S/C19H25FN2O.ClH/c1-16(2)23-12-4-11-22(14-17-7-9-21-10-8-17)15-18-5-3-6-19(20)13-18;/h3,5-10,13,16H,4,11-12,14-15H2,1-2H3;1H. The van der Waals surface area contributed by atoms with Gasteiger partial charge >= 0.3 is 0 Å². The minimum absolute atomic E-state index is 0. The zero-order valence-electron chi connectivity index (χ0n) is 14.3. The third-order valence-electron chi connectivity index (χ3n) is 3.52. The lowest BCUT2D eigenvalue weighted by Crippen LogP contribution is -2.25. The number of hydrogen-bond acceptors (Lipinski definition) is 3. The van der Waals surface area contributed by atoms with Gasteiger partial charge in [-0.15, -0.1) is 12.4 Å². The Labute approximate surface area is 150 Å². The summed E-state index contributed by atoms with van der Waals surface area (Å²) >= 11 is 0. The van der Waals surface area contributed by atoms with E-state index in [1.807, 2.05) is 32.0 Å². The molecule has 24 heavy (non-hydrogen) atoms. The fourth-order valence-corrected chi connectivity index (χ4v) is 2.46. The first-order valence-corrected chi connectivity index (χ1v) is 8.11. The van der Waals surface area contributed by atoms with E-state index < -0.39 is 0 Å². The van der Waals surface area contributed by atoms with E-state index in [1.54, 1.807) is 24.5 Å². The van der Waals surface area contributed by atoms with E-state index in [0.29, 0.717) is 0 Å². The first-order chi connectivity index (χ1) is 11.1. The van der Waals surface area contributed by atoms with Crippen LogP contribution in [0.15, 0.2) is 48.8 Å². The highest BCUT2D eigenvalue weighted by molar-refractivity contribution is 5.85. The molecule has 1 aromatic carbocycles. The highest BCUT2D eigenvalue weighted by Gasteiger charge is 2.08. The lowest BCUT2D eigenvalue weighted by molar-refractivity contribution is 0.0693.